The van der Waals surface area contributed by atoms with Crippen molar-refractivity contribution in [2.45, 2.75) is 13.1 Å². The van der Waals surface area contributed by atoms with Gasteiger partial charge >= 0.3 is 0 Å². The molecule has 0 bridgehead atoms. The molecule has 2 aromatic rings. The van der Waals surface area contributed by atoms with E-state index in [9.17, 15) is 14.4 Å². The Balaban J connectivity index is 1.20. The van der Waals surface area contributed by atoms with E-state index in [2.05, 4.69) is 46.2 Å². The van der Waals surface area contributed by atoms with Crippen LogP contribution in [0.15, 0.2) is 48.5 Å². The topological polar surface area (TPSA) is 73.4 Å². The fourth-order valence-electron chi connectivity index (χ4n) is 4.59. The predicted molar refractivity (Wildman–Crippen MR) is 131 cm³/mol. The van der Waals surface area contributed by atoms with Crippen molar-refractivity contribution in [3.63, 3.8) is 0 Å². The standard InChI is InChI=1S/C25H28N4O4S/c30-23(17-29-24(31)18-34-25(29)32)28-12-13-33-22-7-6-19(14-20(22)16-28)15-26-8-10-27(11-9-26)21-4-2-1-3-5-21/h1-7,14H,8-13,15-18H2. The molecule has 178 valence electrons. The lowest BCUT2D eigenvalue weighted by atomic mass is 10.1. The van der Waals surface area contributed by atoms with E-state index in [1.807, 2.05) is 12.1 Å². The summed E-state index contributed by atoms with van der Waals surface area (Å²) in [6.45, 7) is 5.82. The van der Waals surface area contributed by atoms with Gasteiger partial charge in [-0.15, -0.1) is 0 Å². The van der Waals surface area contributed by atoms with Crippen LogP contribution in [0, 0.1) is 0 Å². The Hall–Kier alpha value is -3.04. The summed E-state index contributed by atoms with van der Waals surface area (Å²) >= 11 is 0.946. The highest BCUT2D eigenvalue weighted by Crippen LogP contribution is 2.26. The number of para-hydroxylation sites is 1. The molecule has 0 atom stereocenters. The molecule has 9 heteroatoms. The van der Waals surface area contributed by atoms with Gasteiger partial charge in [-0.05, 0) is 29.8 Å². The van der Waals surface area contributed by atoms with E-state index in [1.165, 1.54) is 11.3 Å². The molecule has 2 aromatic carbocycles. The van der Waals surface area contributed by atoms with Crippen molar-refractivity contribution < 1.29 is 19.1 Å². The van der Waals surface area contributed by atoms with E-state index in [0.29, 0.717) is 19.7 Å². The van der Waals surface area contributed by atoms with Crippen LogP contribution in [0.25, 0.3) is 0 Å². The average Bonchev–Trinajstić information content (AvgIpc) is 3.05. The second-order valence-corrected chi connectivity index (χ2v) is 9.67. The third kappa shape index (κ3) is 5.05. The van der Waals surface area contributed by atoms with Crippen molar-refractivity contribution in [2.24, 2.45) is 0 Å². The predicted octanol–water partition coefficient (Wildman–Crippen LogP) is 2.43. The molecule has 8 nitrogen and oxygen atoms in total. The lowest BCUT2D eigenvalue weighted by Gasteiger charge is -2.36. The Labute approximate surface area is 203 Å². The van der Waals surface area contributed by atoms with Gasteiger partial charge in [-0.1, -0.05) is 36.0 Å². The first kappa shape index (κ1) is 22.7. The molecule has 3 aliphatic rings. The number of rotatable bonds is 5. The second kappa shape index (κ2) is 10.1. The zero-order valence-corrected chi connectivity index (χ0v) is 19.8. The lowest BCUT2D eigenvalue weighted by molar-refractivity contribution is -0.137. The van der Waals surface area contributed by atoms with Crippen LogP contribution >= 0.6 is 11.8 Å². The van der Waals surface area contributed by atoms with Gasteiger partial charge in [0.2, 0.25) is 11.8 Å². The summed E-state index contributed by atoms with van der Waals surface area (Å²) < 4.78 is 5.88. The second-order valence-electron chi connectivity index (χ2n) is 8.74. The first-order valence-corrected chi connectivity index (χ1v) is 12.6. The maximum absolute atomic E-state index is 12.9. The minimum atomic E-state index is -0.348. The van der Waals surface area contributed by atoms with E-state index in [0.717, 1.165) is 60.7 Å². The van der Waals surface area contributed by atoms with Gasteiger partial charge in [0.05, 0.1) is 12.3 Å². The number of hydrogen-bond acceptors (Lipinski definition) is 7. The average molecular weight is 481 g/mol. The number of carbonyl (C=O) groups is 3. The maximum atomic E-state index is 12.9. The number of fused-ring (bicyclic) bond motifs is 1. The van der Waals surface area contributed by atoms with Crippen molar-refractivity contribution in [3.8, 4) is 5.75 Å². The summed E-state index contributed by atoms with van der Waals surface area (Å²) in [5.74, 6) is 0.366. The highest BCUT2D eigenvalue weighted by Gasteiger charge is 2.33. The zero-order chi connectivity index (χ0) is 23.5. The van der Waals surface area contributed by atoms with Gasteiger partial charge in [0.25, 0.3) is 5.24 Å². The maximum Gasteiger partial charge on any atom is 0.289 e. The minimum Gasteiger partial charge on any atom is -0.491 e. The Morgan fingerprint density at radius 1 is 0.971 bits per heavy atom. The summed E-state index contributed by atoms with van der Waals surface area (Å²) in [4.78, 5) is 44.2. The number of amides is 3. The number of ether oxygens (including phenoxy) is 1. The third-order valence-corrected chi connectivity index (χ3v) is 7.35. The highest BCUT2D eigenvalue weighted by atomic mass is 32.2. The van der Waals surface area contributed by atoms with E-state index in [4.69, 9.17) is 4.74 Å². The van der Waals surface area contributed by atoms with Gasteiger partial charge in [-0.3, -0.25) is 24.2 Å². The first-order chi connectivity index (χ1) is 16.6. The quantitative estimate of drug-likeness (QED) is 0.651. The summed E-state index contributed by atoms with van der Waals surface area (Å²) in [6.07, 6.45) is 0. The van der Waals surface area contributed by atoms with Gasteiger partial charge in [-0.25, -0.2) is 0 Å². The van der Waals surface area contributed by atoms with E-state index >= 15 is 0 Å². The smallest absolute Gasteiger partial charge is 0.289 e. The van der Waals surface area contributed by atoms with Crippen LogP contribution in [0.1, 0.15) is 11.1 Å². The van der Waals surface area contributed by atoms with Gasteiger partial charge in [-0.2, -0.15) is 0 Å². The minimum absolute atomic E-state index is 0.112. The molecule has 3 aliphatic heterocycles. The molecule has 5 rings (SSSR count). The number of piperazine rings is 1. The molecule has 0 radical (unpaired) electrons. The zero-order valence-electron chi connectivity index (χ0n) is 19.0. The lowest BCUT2D eigenvalue weighted by Crippen LogP contribution is -2.45. The van der Waals surface area contributed by atoms with Gasteiger partial charge in [0.1, 0.15) is 18.9 Å². The SMILES string of the molecule is O=C(CN1C(=O)CSC1=O)N1CCOc2ccc(CN3CCN(c4ccccc4)CC3)cc2C1. The monoisotopic (exact) mass is 480 g/mol. The van der Waals surface area contributed by atoms with Crippen LogP contribution in [0.5, 0.6) is 5.75 Å². The number of anilines is 1. The van der Waals surface area contributed by atoms with Gasteiger partial charge in [0.15, 0.2) is 0 Å². The van der Waals surface area contributed by atoms with Crippen molar-refractivity contribution in [1.29, 1.82) is 0 Å². The molecule has 2 fully saturated rings. The summed E-state index contributed by atoms with van der Waals surface area (Å²) in [5, 5.41) is -0.348. The molecule has 0 unspecified atom stereocenters. The van der Waals surface area contributed by atoms with Gasteiger partial charge < -0.3 is 14.5 Å². The van der Waals surface area contributed by atoms with Crippen LogP contribution in [-0.2, 0) is 22.7 Å². The Kier molecular flexibility index (Phi) is 6.73. The van der Waals surface area contributed by atoms with Crippen LogP contribution in [-0.4, -0.2) is 83.4 Å². The molecule has 3 heterocycles. The summed E-state index contributed by atoms with van der Waals surface area (Å²) in [7, 11) is 0. The van der Waals surface area contributed by atoms with Crippen LogP contribution in [0.2, 0.25) is 0 Å². The molecular weight excluding hydrogens is 452 g/mol. The molecule has 0 aliphatic carbocycles. The molecule has 2 saturated heterocycles. The molecular formula is C25H28N4O4S. The van der Waals surface area contributed by atoms with Crippen molar-refractivity contribution in [1.82, 2.24) is 14.7 Å². The number of benzene rings is 2. The van der Waals surface area contributed by atoms with E-state index in [1.54, 1.807) is 4.90 Å². The third-order valence-electron chi connectivity index (χ3n) is 6.49. The van der Waals surface area contributed by atoms with E-state index < -0.39 is 0 Å². The number of nitrogens with zero attached hydrogens (tertiary/aromatic N) is 4. The Morgan fingerprint density at radius 3 is 2.50 bits per heavy atom. The van der Waals surface area contributed by atoms with Crippen molar-refractivity contribution in [3.05, 3.63) is 59.7 Å². The van der Waals surface area contributed by atoms with Crippen LogP contribution in [0.3, 0.4) is 0 Å². The van der Waals surface area contributed by atoms with Gasteiger partial charge in [0, 0.05) is 50.5 Å². The normalized spacial score (nSPS) is 19.1. The van der Waals surface area contributed by atoms with E-state index in [-0.39, 0.29) is 29.4 Å². The molecule has 0 spiro atoms. The molecule has 3 amide bonds. The van der Waals surface area contributed by atoms with Crippen LogP contribution in [0.4, 0.5) is 10.5 Å². The largest absolute Gasteiger partial charge is 0.491 e. The first-order valence-electron chi connectivity index (χ1n) is 11.6. The molecule has 0 N–H and O–H groups in total. The number of thioether (sulfide) groups is 1. The van der Waals surface area contributed by atoms with Crippen molar-refractivity contribution in [2.75, 3.05) is 56.5 Å². The highest BCUT2D eigenvalue weighted by molar-refractivity contribution is 8.14. The van der Waals surface area contributed by atoms with Crippen LogP contribution < -0.4 is 9.64 Å². The molecule has 0 aromatic heterocycles. The fraction of sp³-hybridized carbons (Fsp3) is 0.400. The Morgan fingerprint density at radius 2 is 1.76 bits per heavy atom. The molecule has 0 saturated carbocycles. The summed E-state index contributed by atoms with van der Waals surface area (Å²) in [5.41, 5.74) is 3.41. The molecule has 34 heavy (non-hydrogen) atoms. The Bertz CT molecular complexity index is 1060. The fourth-order valence-corrected chi connectivity index (χ4v) is 5.31. The number of hydrogen-bond donors (Lipinski definition) is 0. The van der Waals surface area contributed by atoms with Crippen molar-refractivity contribution >= 4 is 34.5 Å². The summed E-state index contributed by atoms with van der Waals surface area (Å²) in [6, 6.07) is 16.7. The number of carbonyl (C=O) groups excluding carboxylic acids is 3. The number of imide groups is 1.